The van der Waals surface area contributed by atoms with E-state index in [4.69, 9.17) is 22.2 Å². The average molecular weight is 401 g/mol. The molecule has 28 heavy (non-hydrogen) atoms. The number of fused-ring (bicyclic) bond motifs is 1. The molecule has 3 N–H and O–H groups in total. The molecule has 1 aliphatic rings. The molecule has 1 aliphatic carbocycles. The van der Waals surface area contributed by atoms with Gasteiger partial charge in [-0.05, 0) is 56.0 Å². The summed E-state index contributed by atoms with van der Waals surface area (Å²) in [5, 5.41) is 12.2. The molecule has 1 aromatic heterocycles. The van der Waals surface area contributed by atoms with E-state index in [0.717, 1.165) is 54.1 Å². The number of hydrogen-bond donors (Lipinski definition) is 3. The summed E-state index contributed by atoms with van der Waals surface area (Å²) in [6, 6.07) is 9.00. The van der Waals surface area contributed by atoms with Crippen LogP contribution in [-0.2, 0) is 0 Å². The second kappa shape index (κ2) is 9.37. The molecule has 0 amide bonds. The minimum Gasteiger partial charge on any atom is -0.362 e. The van der Waals surface area contributed by atoms with E-state index in [0.29, 0.717) is 23.9 Å². The fraction of sp³-hybridized carbons (Fsp3) is 0.571. The van der Waals surface area contributed by atoms with Crippen LogP contribution in [0.4, 0.5) is 11.8 Å². The Bertz CT molecular complexity index is 799. The molecule has 0 aliphatic heterocycles. The lowest BCUT2D eigenvalue weighted by molar-refractivity contribution is 0.385. The second-order valence-corrected chi connectivity index (χ2v) is 8.63. The smallest absolute Gasteiger partial charge is 0.225 e. The third kappa shape index (κ3) is 5.44. The van der Waals surface area contributed by atoms with Crippen LogP contribution in [0.5, 0.6) is 0 Å². The summed E-state index contributed by atoms with van der Waals surface area (Å²) in [6.07, 6.45) is 4.35. The van der Waals surface area contributed by atoms with E-state index in [1.165, 1.54) is 0 Å². The molecule has 6 nitrogen and oxygen atoms in total. The first kappa shape index (κ1) is 20.6. The number of thiocarbonyl (C=S) groups is 1. The van der Waals surface area contributed by atoms with Gasteiger partial charge in [-0.1, -0.05) is 26.0 Å². The highest BCUT2D eigenvalue weighted by atomic mass is 32.1. The predicted octanol–water partition coefficient (Wildman–Crippen LogP) is 3.54. The number of nitrogens with one attached hydrogen (secondary N) is 3. The topological polar surface area (TPSA) is 65.1 Å². The van der Waals surface area contributed by atoms with Gasteiger partial charge in [-0.3, -0.25) is 0 Å². The second-order valence-electron chi connectivity index (χ2n) is 8.22. The van der Waals surface area contributed by atoms with Crippen molar-refractivity contribution in [2.45, 2.75) is 51.6 Å². The molecule has 0 bridgehead atoms. The lowest BCUT2D eigenvalue weighted by Crippen LogP contribution is -2.45. The number of para-hydroxylation sites is 1. The molecule has 1 fully saturated rings. The van der Waals surface area contributed by atoms with E-state index in [1.54, 1.807) is 0 Å². The number of benzene rings is 1. The Morgan fingerprint density at radius 3 is 2.46 bits per heavy atom. The molecule has 0 saturated heterocycles. The fourth-order valence-corrected chi connectivity index (χ4v) is 3.81. The third-order valence-electron chi connectivity index (χ3n) is 5.07. The summed E-state index contributed by atoms with van der Waals surface area (Å²) < 4.78 is 0. The first-order chi connectivity index (χ1) is 13.4. The molecule has 1 heterocycles. The summed E-state index contributed by atoms with van der Waals surface area (Å²) in [5.41, 5.74) is 0.973. The van der Waals surface area contributed by atoms with Crippen LogP contribution in [0.1, 0.15) is 39.5 Å². The van der Waals surface area contributed by atoms with Crippen LogP contribution in [0.2, 0.25) is 0 Å². The number of aromatic nitrogens is 2. The van der Waals surface area contributed by atoms with Gasteiger partial charge in [0.15, 0.2) is 5.11 Å². The van der Waals surface area contributed by atoms with E-state index < -0.39 is 0 Å². The van der Waals surface area contributed by atoms with E-state index in [9.17, 15) is 0 Å². The van der Waals surface area contributed by atoms with Crippen molar-refractivity contribution in [3.05, 3.63) is 24.3 Å². The Labute approximate surface area is 173 Å². The summed E-state index contributed by atoms with van der Waals surface area (Å²) in [4.78, 5) is 11.5. The highest BCUT2D eigenvalue weighted by molar-refractivity contribution is 7.80. The Hall–Kier alpha value is -2.15. The molecule has 152 valence electrons. The van der Waals surface area contributed by atoms with Crippen LogP contribution in [0.15, 0.2) is 24.3 Å². The standard InChI is InChI=1S/C21H32N6S/c1-14(2)13-22-21(28)24-16-11-9-15(10-12-16)23-20-25-18-8-6-5-7-17(18)19(26-20)27(3)4/h5-8,14-16H,9-13H2,1-4H3,(H2,22,24,28)(H,23,25,26). The van der Waals surface area contributed by atoms with Gasteiger partial charge in [0.1, 0.15) is 5.82 Å². The van der Waals surface area contributed by atoms with Crippen molar-refractivity contribution in [1.82, 2.24) is 20.6 Å². The van der Waals surface area contributed by atoms with E-state index in [1.807, 2.05) is 37.2 Å². The van der Waals surface area contributed by atoms with Crippen molar-refractivity contribution in [2.24, 2.45) is 5.92 Å². The van der Waals surface area contributed by atoms with Gasteiger partial charge in [0, 0.05) is 38.1 Å². The zero-order valence-electron chi connectivity index (χ0n) is 17.3. The quantitative estimate of drug-likeness (QED) is 0.641. The predicted molar refractivity (Wildman–Crippen MR) is 122 cm³/mol. The van der Waals surface area contributed by atoms with Crippen molar-refractivity contribution in [3.8, 4) is 0 Å². The summed E-state index contributed by atoms with van der Waals surface area (Å²) in [7, 11) is 4.04. The van der Waals surface area contributed by atoms with Crippen molar-refractivity contribution in [1.29, 1.82) is 0 Å². The molecule has 2 aromatic rings. The minimum atomic E-state index is 0.395. The van der Waals surface area contributed by atoms with Gasteiger partial charge in [-0.25, -0.2) is 4.98 Å². The van der Waals surface area contributed by atoms with E-state index in [-0.39, 0.29) is 0 Å². The van der Waals surface area contributed by atoms with Crippen LogP contribution in [0, 0.1) is 5.92 Å². The summed E-state index contributed by atoms with van der Waals surface area (Å²) in [6.45, 7) is 5.28. The lowest BCUT2D eigenvalue weighted by Gasteiger charge is -2.30. The minimum absolute atomic E-state index is 0.395. The maximum absolute atomic E-state index is 5.41. The van der Waals surface area contributed by atoms with Crippen molar-refractivity contribution in [2.75, 3.05) is 30.9 Å². The van der Waals surface area contributed by atoms with Gasteiger partial charge in [-0.2, -0.15) is 4.98 Å². The maximum atomic E-state index is 5.41. The van der Waals surface area contributed by atoms with Crippen LogP contribution >= 0.6 is 12.2 Å². The average Bonchev–Trinajstić information content (AvgIpc) is 2.67. The highest BCUT2D eigenvalue weighted by Crippen LogP contribution is 2.26. The molecule has 1 saturated carbocycles. The fourth-order valence-electron chi connectivity index (χ4n) is 3.56. The van der Waals surface area contributed by atoms with Crippen LogP contribution in [-0.4, -0.2) is 47.8 Å². The zero-order chi connectivity index (χ0) is 20.1. The number of hydrogen-bond acceptors (Lipinski definition) is 5. The van der Waals surface area contributed by atoms with Gasteiger partial charge in [0.05, 0.1) is 5.52 Å². The Balaban J connectivity index is 1.57. The van der Waals surface area contributed by atoms with E-state index in [2.05, 4.69) is 35.9 Å². The van der Waals surface area contributed by atoms with Gasteiger partial charge in [0.2, 0.25) is 5.95 Å². The highest BCUT2D eigenvalue weighted by Gasteiger charge is 2.22. The van der Waals surface area contributed by atoms with Gasteiger partial charge in [0.25, 0.3) is 0 Å². The van der Waals surface area contributed by atoms with Crippen molar-refractivity contribution in [3.63, 3.8) is 0 Å². The molecule has 0 atom stereocenters. The molecule has 0 radical (unpaired) electrons. The van der Waals surface area contributed by atoms with Crippen molar-refractivity contribution >= 4 is 40.0 Å². The molecule has 0 unspecified atom stereocenters. The summed E-state index contributed by atoms with van der Waals surface area (Å²) in [5.74, 6) is 2.26. The SMILES string of the molecule is CC(C)CNC(=S)NC1CCC(Nc2nc(N(C)C)c3ccccc3n2)CC1. The Morgan fingerprint density at radius 1 is 1.11 bits per heavy atom. The molecular formula is C21H32N6S. The zero-order valence-corrected chi connectivity index (χ0v) is 18.1. The van der Waals surface area contributed by atoms with Gasteiger partial charge in [-0.15, -0.1) is 0 Å². The molecule has 7 heteroatoms. The number of anilines is 2. The van der Waals surface area contributed by atoms with Gasteiger partial charge >= 0.3 is 0 Å². The molecule has 1 aromatic carbocycles. The first-order valence-electron chi connectivity index (χ1n) is 10.2. The largest absolute Gasteiger partial charge is 0.362 e. The first-order valence-corrected chi connectivity index (χ1v) is 10.6. The van der Waals surface area contributed by atoms with Gasteiger partial charge < -0.3 is 20.9 Å². The van der Waals surface area contributed by atoms with Crippen LogP contribution in [0.25, 0.3) is 10.9 Å². The number of nitrogens with zero attached hydrogens (tertiary/aromatic N) is 3. The maximum Gasteiger partial charge on any atom is 0.225 e. The molecule has 3 rings (SSSR count). The third-order valence-corrected chi connectivity index (χ3v) is 5.34. The Kier molecular flexibility index (Phi) is 6.88. The molecular weight excluding hydrogens is 368 g/mol. The number of rotatable bonds is 6. The van der Waals surface area contributed by atoms with Crippen LogP contribution < -0.4 is 20.9 Å². The Morgan fingerprint density at radius 2 is 1.79 bits per heavy atom. The van der Waals surface area contributed by atoms with Crippen molar-refractivity contribution < 1.29 is 0 Å². The normalized spacial score (nSPS) is 19.5. The molecule has 0 spiro atoms. The van der Waals surface area contributed by atoms with Crippen LogP contribution in [0.3, 0.4) is 0 Å². The monoisotopic (exact) mass is 400 g/mol. The van der Waals surface area contributed by atoms with E-state index >= 15 is 0 Å². The lowest BCUT2D eigenvalue weighted by atomic mass is 9.91. The summed E-state index contributed by atoms with van der Waals surface area (Å²) >= 11 is 5.41.